The van der Waals surface area contributed by atoms with E-state index in [0.717, 1.165) is 24.8 Å². The minimum Gasteiger partial charge on any atom is -0.489 e. The van der Waals surface area contributed by atoms with E-state index in [1.165, 1.54) is 23.8 Å². The van der Waals surface area contributed by atoms with Crippen molar-refractivity contribution >= 4 is 0 Å². The predicted molar refractivity (Wildman–Crippen MR) is 77.0 cm³/mol. The summed E-state index contributed by atoms with van der Waals surface area (Å²) in [5.41, 5.74) is 8.32. The molecule has 0 spiro atoms. The molecule has 0 aliphatic heterocycles. The molecule has 110 valence electrons. The minimum atomic E-state index is -0.588. The molecule has 2 nitrogen and oxygen atoms in total. The highest BCUT2D eigenvalue weighted by Crippen LogP contribution is 2.31. The summed E-state index contributed by atoms with van der Waals surface area (Å²) in [6.07, 6.45) is 3.02. The largest absolute Gasteiger partial charge is 0.489 e. The molecular weight excluding hydrogens is 272 g/mol. The standard InChI is InChI=1S/C17H17F2NO/c18-15-4-2-5-16(19)14(15)10-21-12-7-8-13-11(9-12)3-1-6-17(13)20/h2,4-5,7-9,17H,1,3,6,10,20H2. The molecule has 0 saturated carbocycles. The number of nitrogens with two attached hydrogens (primary N) is 1. The Hall–Kier alpha value is -1.94. The predicted octanol–water partition coefficient (Wildman–Crippen LogP) is 3.88. The van der Waals surface area contributed by atoms with Crippen molar-refractivity contribution in [2.75, 3.05) is 0 Å². The molecular formula is C17H17F2NO. The van der Waals surface area contributed by atoms with Crippen molar-refractivity contribution in [3.8, 4) is 5.75 Å². The third kappa shape index (κ3) is 2.90. The lowest BCUT2D eigenvalue weighted by atomic mass is 9.88. The van der Waals surface area contributed by atoms with Crippen LogP contribution in [-0.2, 0) is 13.0 Å². The quantitative estimate of drug-likeness (QED) is 0.930. The summed E-state index contributed by atoms with van der Waals surface area (Å²) in [4.78, 5) is 0. The number of benzene rings is 2. The van der Waals surface area contributed by atoms with Crippen molar-refractivity contribution in [3.05, 3.63) is 64.7 Å². The van der Waals surface area contributed by atoms with Crippen LogP contribution in [0.15, 0.2) is 36.4 Å². The smallest absolute Gasteiger partial charge is 0.132 e. The molecule has 1 aliphatic carbocycles. The van der Waals surface area contributed by atoms with Crippen molar-refractivity contribution in [1.29, 1.82) is 0 Å². The van der Waals surface area contributed by atoms with Gasteiger partial charge in [-0.2, -0.15) is 0 Å². The molecule has 1 aliphatic rings. The average molecular weight is 289 g/mol. The highest BCUT2D eigenvalue weighted by Gasteiger charge is 2.17. The molecule has 0 bridgehead atoms. The van der Waals surface area contributed by atoms with Crippen LogP contribution < -0.4 is 10.5 Å². The highest BCUT2D eigenvalue weighted by molar-refractivity contribution is 5.39. The highest BCUT2D eigenvalue weighted by atomic mass is 19.1. The van der Waals surface area contributed by atoms with Gasteiger partial charge in [0.2, 0.25) is 0 Å². The zero-order valence-corrected chi connectivity index (χ0v) is 11.6. The van der Waals surface area contributed by atoms with Gasteiger partial charge in [0.25, 0.3) is 0 Å². The summed E-state index contributed by atoms with van der Waals surface area (Å²) >= 11 is 0. The minimum absolute atomic E-state index is 0.0491. The number of rotatable bonds is 3. The molecule has 0 aromatic heterocycles. The second-order valence-electron chi connectivity index (χ2n) is 5.35. The topological polar surface area (TPSA) is 35.2 Å². The number of hydrogen-bond acceptors (Lipinski definition) is 2. The summed E-state index contributed by atoms with van der Waals surface area (Å²) < 4.78 is 32.6. The van der Waals surface area contributed by atoms with Gasteiger partial charge in [0.15, 0.2) is 0 Å². The lowest BCUT2D eigenvalue weighted by Crippen LogP contribution is -2.17. The van der Waals surface area contributed by atoms with Crippen molar-refractivity contribution in [2.45, 2.75) is 31.9 Å². The van der Waals surface area contributed by atoms with E-state index in [1.807, 2.05) is 18.2 Å². The zero-order chi connectivity index (χ0) is 14.8. The first kappa shape index (κ1) is 14.0. The molecule has 0 heterocycles. The Labute approximate surface area is 122 Å². The van der Waals surface area contributed by atoms with Gasteiger partial charge in [0.05, 0.1) is 5.56 Å². The van der Waals surface area contributed by atoms with Crippen molar-refractivity contribution < 1.29 is 13.5 Å². The molecule has 0 fully saturated rings. The van der Waals surface area contributed by atoms with E-state index in [9.17, 15) is 8.78 Å². The molecule has 21 heavy (non-hydrogen) atoms. The number of fused-ring (bicyclic) bond motifs is 1. The SMILES string of the molecule is NC1CCCc2cc(OCc3c(F)cccc3F)ccc21. The molecule has 0 amide bonds. The van der Waals surface area contributed by atoms with Crippen LogP contribution in [0.5, 0.6) is 5.75 Å². The fourth-order valence-corrected chi connectivity index (χ4v) is 2.74. The van der Waals surface area contributed by atoms with Crippen LogP contribution in [0.2, 0.25) is 0 Å². The molecule has 2 N–H and O–H groups in total. The maximum Gasteiger partial charge on any atom is 0.132 e. The maximum absolute atomic E-state index is 13.5. The Balaban J connectivity index is 1.77. The fraction of sp³-hybridized carbons (Fsp3) is 0.294. The van der Waals surface area contributed by atoms with Crippen LogP contribution in [0.25, 0.3) is 0 Å². The summed E-state index contributed by atoms with van der Waals surface area (Å²) in [5, 5.41) is 0. The van der Waals surface area contributed by atoms with Gasteiger partial charge in [-0.15, -0.1) is 0 Å². The van der Waals surface area contributed by atoms with Crippen molar-refractivity contribution in [2.24, 2.45) is 5.73 Å². The number of aryl methyl sites for hydroxylation is 1. The molecule has 2 aromatic carbocycles. The second-order valence-corrected chi connectivity index (χ2v) is 5.35. The van der Waals surface area contributed by atoms with E-state index in [-0.39, 0.29) is 18.2 Å². The van der Waals surface area contributed by atoms with Gasteiger partial charge in [0.1, 0.15) is 24.0 Å². The van der Waals surface area contributed by atoms with Gasteiger partial charge < -0.3 is 10.5 Å². The lowest BCUT2D eigenvalue weighted by Gasteiger charge is -2.22. The molecule has 1 unspecified atom stereocenters. The van der Waals surface area contributed by atoms with E-state index >= 15 is 0 Å². The third-order valence-corrected chi connectivity index (χ3v) is 3.92. The van der Waals surface area contributed by atoms with Gasteiger partial charge in [0, 0.05) is 6.04 Å². The molecule has 1 atom stereocenters. The van der Waals surface area contributed by atoms with E-state index in [0.29, 0.717) is 5.75 Å². The average Bonchev–Trinajstić information content (AvgIpc) is 2.47. The van der Waals surface area contributed by atoms with Gasteiger partial charge in [-0.05, 0) is 54.7 Å². The third-order valence-electron chi connectivity index (χ3n) is 3.92. The maximum atomic E-state index is 13.5. The van der Waals surface area contributed by atoms with E-state index < -0.39 is 11.6 Å². The van der Waals surface area contributed by atoms with Crippen LogP contribution in [-0.4, -0.2) is 0 Å². The normalized spacial score (nSPS) is 17.4. The van der Waals surface area contributed by atoms with E-state index in [1.54, 1.807) is 0 Å². The Kier molecular flexibility index (Phi) is 3.88. The number of ether oxygens (including phenoxy) is 1. The fourth-order valence-electron chi connectivity index (χ4n) is 2.74. The first-order valence-corrected chi connectivity index (χ1v) is 7.09. The summed E-state index contributed by atoms with van der Waals surface area (Å²) in [6.45, 7) is -0.122. The summed E-state index contributed by atoms with van der Waals surface area (Å²) in [7, 11) is 0. The van der Waals surface area contributed by atoms with Gasteiger partial charge >= 0.3 is 0 Å². The Morgan fingerprint density at radius 2 is 1.90 bits per heavy atom. The lowest BCUT2D eigenvalue weighted by molar-refractivity contribution is 0.292. The Morgan fingerprint density at radius 3 is 2.67 bits per heavy atom. The Bertz CT molecular complexity index is 637. The van der Waals surface area contributed by atoms with Crippen LogP contribution >= 0.6 is 0 Å². The first-order chi connectivity index (χ1) is 10.1. The van der Waals surface area contributed by atoms with Gasteiger partial charge in [-0.25, -0.2) is 8.78 Å². The molecule has 2 aromatic rings. The number of hydrogen-bond donors (Lipinski definition) is 1. The van der Waals surface area contributed by atoms with Gasteiger partial charge in [-0.1, -0.05) is 12.1 Å². The second kappa shape index (κ2) is 5.82. The van der Waals surface area contributed by atoms with Crippen molar-refractivity contribution in [1.82, 2.24) is 0 Å². The van der Waals surface area contributed by atoms with Gasteiger partial charge in [-0.3, -0.25) is 0 Å². The first-order valence-electron chi connectivity index (χ1n) is 7.09. The summed E-state index contributed by atoms with van der Waals surface area (Å²) in [6, 6.07) is 9.56. The monoisotopic (exact) mass is 289 g/mol. The molecule has 3 rings (SSSR count). The zero-order valence-electron chi connectivity index (χ0n) is 11.6. The molecule has 4 heteroatoms. The van der Waals surface area contributed by atoms with Crippen molar-refractivity contribution in [3.63, 3.8) is 0 Å². The number of halogens is 2. The molecule has 0 saturated heterocycles. The molecule has 0 radical (unpaired) electrons. The van der Waals surface area contributed by atoms with E-state index in [4.69, 9.17) is 10.5 Å². The van der Waals surface area contributed by atoms with Crippen LogP contribution in [0.3, 0.4) is 0 Å². The van der Waals surface area contributed by atoms with E-state index in [2.05, 4.69) is 0 Å². The van der Waals surface area contributed by atoms with Crippen LogP contribution in [0, 0.1) is 11.6 Å². The summed E-state index contributed by atoms with van der Waals surface area (Å²) in [5.74, 6) is -0.560. The Morgan fingerprint density at radius 1 is 1.14 bits per heavy atom. The van der Waals surface area contributed by atoms with Crippen LogP contribution in [0.1, 0.15) is 35.6 Å². The van der Waals surface area contributed by atoms with Crippen LogP contribution in [0.4, 0.5) is 8.78 Å².